The van der Waals surface area contributed by atoms with Gasteiger partial charge in [-0.25, -0.2) is 4.79 Å². The molecule has 0 unspecified atom stereocenters. The number of rotatable bonds is 1. The number of esters is 1. The quantitative estimate of drug-likeness (QED) is 0.700. The van der Waals surface area contributed by atoms with Gasteiger partial charge in [0.2, 0.25) is 5.79 Å². The summed E-state index contributed by atoms with van der Waals surface area (Å²) in [7, 11) is 1.43. The number of aromatic hydroxyl groups is 2. The highest BCUT2D eigenvalue weighted by atomic mass is 16.7. The summed E-state index contributed by atoms with van der Waals surface area (Å²) < 4.78 is 10.1. The highest BCUT2D eigenvalue weighted by Gasteiger charge is 2.38. The SMILES string of the molecule is CO[C@]1(C)Cc2cc(O)cc(O)c2C(=O)O1. The number of phenolic OH excluding ortho intramolecular Hbond substituents is 2. The lowest BCUT2D eigenvalue weighted by Gasteiger charge is -2.33. The van der Waals surface area contributed by atoms with Crippen molar-refractivity contribution in [1.82, 2.24) is 0 Å². The predicted octanol–water partition coefficient (Wildman–Crippen LogP) is 1.17. The van der Waals surface area contributed by atoms with Gasteiger partial charge in [0.05, 0.1) is 0 Å². The van der Waals surface area contributed by atoms with Crippen LogP contribution in [0.1, 0.15) is 22.8 Å². The van der Waals surface area contributed by atoms with Gasteiger partial charge in [0.1, 0.15) is 17.1 Å². The maximum Gasteiger partial charge on any atom is 0.344 e. The minimum Gasteiger partial charge on any atom is -0.508 e. The number of phenols is 2. The molecule has 5 heteroatoms. The zero-order chi connectivity index (χ0) is 11.9. The molecule has 5 nitrogen and oxygen atoms in total. The molecule has 0 saturated heterocycles. The number of carbonyl (C=O) groups is 1. The van der Waals surface area contributed by atoms with Crippen molar-refractivity contribution in [3.05, 3.63) is 23.3 Å². The van der Waals surface area contributed by atoms with Gasteiger partial charge < -0.3 is 19.7 Å². The number of carbonyl (C=O) groups excluding carboxylic acids is 1. The smallest absolute Gasteiger partial charge is 0.344 e. The summed E-state index contributed by atoms with van der Waals surface area (Å²) in [5.74, 6) is -2.07. The fraction of sp³-hybridized carbons (Fsp3) is 0.364. The molecule has 0 bridgehead atoms. The molecule has 0 aromatic heterocycles. The summed E-state index contributed by atoms with van der Waals surface area (Å²) in [5.41, 5.74) is 0.602. The molecule has 1 aliphatic heterocycles. The van der Waals surface area contributed by atoms with Crippen LogP contribution in [0.25, 0.3) is 0 Å². The van der Waals surface area contributed by atoms with E-state index in [9.17, 15) is 15.0 Å². The zero-order valence-electron chi connectivity index (χ0n) is 8.98. The Morgan fingerprint density at radius 2 is 2.12 bits per heavy atom. The average molecular weight is 224 g/mol. The van der Waals surface area contributed by atoms with Crippen molar-refractivity contribution in [2.24, 2.45) is 0 Å². The molecule has 0 aliphatic carbocycles. The van der Waals surface area contributed by atoms with E-state index in [1.165, 1.54) is 13.2 Å². The molecule has 0 spiro atoms. The lowest BCUT2D eigenvalue weighted by atomic mass is 9.96. The number of hydrogen-bond donors (Lipinski definition) is 2. The molecule has 1 aromatic rings. The van der Waals surface area contributed by atoms with E-state index >= 15 is 0 Å². The van der Waals surface area contributed by atoms with Gasteiger partial charge in [-0.15, -0.1) is 0 Å². The Bertz CT molecular complexity index is 454. The molecule has 1 heterocycles. The van der Waals surface area contributed by atoms with Crippen LogP contribution in [0, 0.1) is 0 Å². The minimum atomic E-state index is -1.05. The highest BCUT2D eigenvalue weighted by molar-refractivity contribution is 5.95. The maximum atomic E-state index is 11.6. The lowest BCUT2D eigenvalue weighted by molar-refractivity contribution is -0.177. The number of cyclic esters (lactones) is 1. The Hall–Kier alpha value is -1.75. The first-order chi connectivity index (χ1) is 7.45. The number of fused-ring (bicyclic) bond motifs is 1. The number of hydrogen-bond acceptors (Lipinski definition) is 5. The van der Waals surface area contributed by atoms with Crippen molar-refractivity contribution < 1.29 is 24.5 Å². The van der Waals surface area contributed by atoms with E-state index in [-0.39, 0.29) is 23.5 Å². The standard InChI is InChI=1S/C11H12O5/c1-11(15-2)5-6-3-7(12)4-8(13)9(6)10(14)16-11/h3-4,12-13H,5H2,1-2H3/t11-/m0/s1. The number of ether oxygens (including phenoxy) is 2. The second kappa shape index (κ2) is 3.38. The summed E-state index contributed by atoms with van der Waals surface area (Å²) in [5, 5.41) is 18.9. The molecule has 0 amide bonds. The number of benzene rings is 1. The van der Waals surface area contributed by atoms with E-state index in [0.29, 0.717) is 5.56 Å². The molecule has 1 aliphatic rings. The molecule has 2 N–H and O–H groups in total. The van der Waals surface area contributed by atoms with Crippen LogP contribution in [-0.4, -0.2) is 29.1 Å². The first-order valence-electron chi connectivity index (χ1n) is 4.78. The second-order valence-corrected chi connectivity index (χ2v) is 3.90. The Labute approximate surface area is 92.2 Å². The normalized spacial score (nSPS) is 23.8. The van der Waals surface area contributed by atoms with Gasteiger partial charge in [-0.2, -0.15) is 0 Å². The van der Waals surface area contributed by atoms with Gasteiger partial charge >= 0.3 is 5.97 Å². The Balaban J connectivity index is 2.55. The third kappa shape index (κ3) is 1.59. The van der Waals surface area contributed by atoms with Crippen molar-refractivity contribution in [3.8, 4) is 11.5 Å². The summed E-state index contributed by atoms with van der Waals surface area (Å²) in [6, 6.07) is 2.53. The monoisotopic (exact) mass is 224 g/mol. The molecular weight excluding hydrogens is 212 g/mol. The molecule has 0 fully saturated rings. The van der Waals surface area contributed by atoms with Crippen LogP contribution < -0.4 is 0 Å². The van der Waals surface area contributed by atoms with E-state index < -0.39 is 11.8 Å². The van der Waals surface area contributed by atoms with E-state index in [2.05, 4.69) is 0 Å². The van der Waals surface area contributed by atoms with Crippen molar-refractivity contribution >= 4 is 5.97 Å². The first-order valence-corrected chi connectivity index (χ1v) is 4.78. The molecule has 1 aromatic carbocycles. The van der Waals surface area contributed by atoms with Gasteiger partial charge in [-0.3, -0.25) is 0 Å². The van der Waals surface area contributed by atoms with Gasteiger partial charge in [0.25, 0.3) is 0 Å². The summed E-state index contributed by atoms with van der Waals surface area (Å²) in [4.78, 5) is 11.6. The summed E-state index contributed by atoms with van der Waals surface area (Å²) in [6.07, 6.45) is 0.284. The molecule has 0 saturated carbocycles. The van der Waals surface area contributed by atoms with Gasteiger partial charge in [0, 0.05) is 26.5 Å². The van der Waals surface area contributed by atoms with Gasteiger partial charge in [-0.05, 0) is 11.6 Å². The largest absolute Gasteiger partial charge is 0.508 e. The van der Waals surface area contributed by atoms with Crippen molar-refractivity contribution in [3.63, 3.8) is 0 Å². The molecule has 16 heavy (non-hydrogen) atoms. The molecule has 86 valence electrons. The van der Waals surface area contributed by atoms with E-state index in [1.54, 1.807) is 6.92 Å². The molecule has 2 rings (SSSR count). The minimum absolute atomic E-state index is 0.0901. The first kappa shape index (κ1) is 10.8. The van der Waals surface area contributed by atoms with Crippen molar-refractivity contribution in [2.45, 2.75) is 19.1 Å². The van der Waals surface area contributed by atoms with Crippen LogP contribution in [0.5, 0.6) is 11.5 Å². The molecule has 0 radical (unpaired) electrons. The average Bonchev–Trinajstić information content (AvgIpc) is 2.15. The topological polar surface area (TPSA) is 76.0 Å². The second-order valence-electron chi connectivity index (χ2n) is 3.90. The van der Waals surface area contributed by atoms with Crippen LogP contribution >= 0.6 is 0 Å². The van der Waals surface area contributed by atoms with Crippen molar-refractivity contribution in [1.29, 1.82) is 0 Å². The lowest BCUT2D eigenvalue weighted by Crippen LogP contribution is -2.40. The van der Waals surface area contributed by atoms with Crippen LogP contribution in [-0.2, 0) is 15.9 Å². The third-order valence-corrected chi connectivity index (χ3v) is 2.64. The Morgan fingerprint density at radius 3 is 2.75 bits per heavy atom. The van der Waals surface area contributed by atoms with Gasteiger partial charge in [0.15, 0.2) is 0 Å². The zero-order valence-corrected chi connectivity index (χ0v) is 8.98. The van der Waals surface area contributed by atoms with Crippen molar-refractivity contribution in [2.75, 3.05) is 7.11 Å². The van der Waals surface area contributed by atoms with E-state index in [1.807, 2.05) is 0 Å². The van der Waals surface area contributed by atoms with Crippen LogP contribution in [0.2, 0.25) is 0 Å². The summed E-state index contributed by atoms with van der Waals surface area (Å²) in [6.45, 7) is 1.62. The molecule has 1 atom stereocenters. The van der Waals surface area contributed by atoms with Gasteiger partial charge in [-0.1, -0.05) is 0 Å². The Morgan fingerprint density at radius 1 is 1.44 bits per heavy atom. The van der Waals surface area contributed by atoms with Crippen LogP contribution in [0.15, 0.2) is 12.1 Å². The highest BCUT2D eigenvalue weighted by Crippen LogP contribution is 2.35. The van der Waals surface area contributed by atoms with Crippen LogP contribution in [0.4, 0.5) is 0 Å². The predicted molar refractivity (Wildman–Crippen MR) is 54.3 cm³/mol. The summed E-state index contributed by atoms with van der Waals surface area (Å²) >= 11 is 0. The number of methoxy groups -OCH3 is 1. The fourth-order valence-electron chi connectivity index (χ4n) is 1.79. The Kier molecular flexibility index (Phi) is 2.27. The third-order valence-electron chi connectivity index (χ3n) is 2.64. The van der Waals surface area contributed by atoms with E-state index in [4.69, 9.17) is 9.47 Å². The fourth-order valence-corrected chi connectivity index (χ4v) is 1.79. The van der Waals surface area contributed by atoms with Crippen LogP contribution in [0.3, 0.4) is 0 Å². The maximum absolute atomic E-state index is 11.6. The van der Waals surface area contributed by atoms with E-state index in [0.717, 1.165) is 6.07 Å². The molecular formula is C11H12O5.